The molecule has 0 spiro atoms. The van der Waals surface area contributed by atoms with Gasteiger partial charge in [-0.1, -0.05) is 60.7 Å². The molecule has 3 heteroatoms. The van der Waals surface area contributed by atoms with Crippen molar-refractivity contribution in [1.29, 1.82) is 0 Å². The number of rotatable bonds is 2. The highest BCUT2D eigenvalue weighted by Crippen LogP contribution is 2.30. The molecule has 0 N–H and O–H groups in total. The second kappa shape index (κ2) is 6.25. The number of halogens is 1. The Balaban J connectivity index is 1.71. The number of fused-ring (bicyclic) bond motifs is 2. The van der Waals surface area contributed by atoms with Crippen molar-refractivity contribution in [2.45, 2.75) is 0 Å². The van der Waals surface area contributed by atoms with Gasteiger partial charge in [-0.15, -0.1) is 0 Å². The van der Waals surface area contributed by atoms with Crippen molar-refractivity contribution < 1.29 is 0 Å². The molecule has 2 nitrogen and oxygen atoms in total. The fraction of sp³-hybridized carbons (Fsp3) is 0. The minimum atomic E-state index is 1.01. The van der Waals surface area contributed by atoms with Crippen molar-refractivity contribution >= 4 is 44.4 Å². The first-order valence-corrected chi connectivity index (χ1v) is 9.59. The average molecular weight is 446 g/mol. The zero-order valence-electron chi connectivity index (χ0n) is 13.9. The molecule has 0 saturated carbocycles. The van der Waals surface area contributed by atoms with Gasteiger partial charge >= 0.3 is 0 Å². The Morgan fingerprint density at radius 1 is 0.692 bits per heavy atom. The molecule has 0 saturated heterocycles. The van der Waals surface area contributed by atoms with Crippen LogP contribution in [0.15, 0.2) is 91.3 Å². The third-order valence-corrected chi connectivity index (χ3v) is 5.70. The highest BCUT2D eigenvalue weighted by molar-refractivity contribution is 14.1. The van der Waals surface area contributed by atoms with Gasteiger partial charge in [0.25, 0.3) is 0 Å². The highest BCUT2D eigenvalue weighted by atomic mass is 127. The predicted octanol–water partition coefficient (Wildman–Crippen LogP) is 6.45. The lowest BCUT2D eigenvalue weighted by atomic mass is 10.1. The van der Waals surface area contributed by atoms with Crippen LogP contribution in [0, 0.1) is 3.57 Å². The van der Waals surface area contributed by atoms with Gasteiger partial charge in [-0.2, -0.15) is 0 Å². The maximum atomic E-state index is 4.67. The molecule has 5 aromatic rings. The van der Waals surface area contributed by atoms with Gasteiger partial charge in [-0.3, -0.25) is 4.57 Å². The van der Waals surface area contributed by atoms with Crippen molar-refractivity contribution in [1.82, 2.24) is 9.55 Å². The summed E-state index contributed by atoms with van der Waals surface area (Å²) in [6.07, 6.45) is 1.92. The second-order valence-corrected chi connectivity index (χ2v) is 7.46. The van der Waals surface area contributed by atoms with Crippen molar-refractivity contribution in [3.63, 3.8) is 0 Å². The summed E-state index contributed by atoms with van der Waals surface area (Å²) < 4.78 is 3.44. The zero-order valence-corrected chi connectivity index (χ0v) is 16.1. The van der Waals surface area contributed by atoms with Crippen LogP contribution in [-0.4, -0.2) is 9.55 Å². The first kappa shape index (κ1) is 15.6. The molecule has 1 heterocycles. The maximum absolute atomic E-state index is 4.67. The Hall–Kier alpha value is -2.66. The predicted molar refractivity (Wildman–Crippen MR) is 117 cm³/mol. The van der Waals surface area contributed by atoms with Crippen molar-refractivity contribution in [2.75, 3.05) is 0 Å². The lowest BCUT2D eigenvalue weighted by molar-refractivity contribution is 1.10. The van der Waals surface area contributed by atoms with E-state index in [1.54, 1.807) is 0 Å². The third kappa shape index (κ3) is 2.51. The Kier molecular flexibility index (Phi) is 3.75. The van der Waals surface area contributed by atoms with Crippen LogP contribution in [0.3, 0.4) is 0 Å². The largest absolute Gasteiger partial charge is 0.298 e. The molecule has 0 aliphatic rings. The number of aromatic nitrogens is 2. The van der Waals surface area contributed by atoms with Gasteiger partial charge in [0.15, 0.2) is 0 Å². The summed E-state index contributed by atoms with van der Waals surface area (Å²) in [7, 11) is 0. The molecule has 0 atom stereocenters. The molecule has 0 aliphatic heterocycles. The van der Waals surface area contributed by atoms with Gasteiger partial charge in [-0.25, -0.2) is 4.98 Å². The van der Waals surface area contributed by atoms with Gasteiger partial charge in [0.1, 0.15) is 6.33 Å². The third-order valence-electron chi connectivity index (χ3n) is 4.76. The second-order valence-electron chi connectivity index (χ2n) is 6.30. The normalized spacial score (nSPS) is 11.3. The molecule has 0 fully saturated rings. The van der Waals surface area contributed by atoms with E-state index >= 15 is 0 Å². The highest BCUT2D eigenvalue weighted by Gasteiger charge is 2.10. The average Bonchev–Trinajstić information content (AvgIpc) is 3.12. The van der Waals surface area contributed by atoms with Crippen molar-refractivity contribution in [3.8, 4) is 16.8 Å². The van der Waals surface area contributed by atoms with E-state index in [4.69, 9.17) is 0 Å². The molecule has 0 radical (unpaired) electrons. The van der Waals surface area contributed by atoms with E-state index in [-0.39, 0.29) is 0 Å². The summed E-state index contributed by atoms with van der Waals surface area (Å²) >= 11 is 2.40. The summed E-state index contributed by atoms with van der Waals surface area (Å²) in [5, 5.41) is 2.51. The van der Waals surface area contributed by atoms with Crippen LogP contribution in [0.5, 0.6) is 0 Å². The van der Waals surface area contributed by atoms with Crippen LogP contribution in [0.4, 0.5) is 0 Å². The number of hydrogen-bond acceptors (Lipinski definition) is 1. The summed E-state index contributed by atoms with van der Waals surface area (Å²) in [6, 6.07) is 29.8. The minimum absolute atomic E-state index is 1.01. The van der Waals surface area contributed by atoms with Gasteiger partial charge in [0.05, 0.1) is 16.7 Å². The van der Waals surface area contributed by atoms with Gasteiger partial charge in [0.2, 0.25) is 0 Å². The molecule has 0 amide bonds. The zero-order chi connectivity index (χ0) is 17.5. The summed E-state index contributed by atoms with van der Waals surface area (Å²) in [5.74, 6) is 0. The van der Waals surface area contributed by atoms with Crippen molar-refractivity contribution in [3.05, 3.63) is 94.8 Å². The number of hydrogen-bond donors (Lipinski definition) is 0. The standard InChI is InChI=1S/C23H15IN2/c24-20-10-4-9-19-18(20)8-5-11-22(19)26-15-25-21-14-17(12-13-23(21)26)16-6-2-1-3-7-16/h1-15H. The van der Waals surface area contributed by atoms with Crippen molar-refractivity contribution in [2.24, 2.45) is 0 Å². The Morgan fingerprint density at radius 2 is 1.50 bits per heavy atom. The topological polar surface area (TPSA) is 17.8 Å². The first-order chi connectivity index (χ1) is 12.8. The molecule has 0 aliphatic carbocycles. The van der Waals surface area contributed by atoms with Crippen LogP contribution >= 0.6 is 22.6 Å². The Bertz CT molecular complexity index is 1240. The summed E-state index contributed by atoms with van der Waals surface area (Å²) in [5.41, 5.74) is 5.69. The van der Waals surface area contributed by atoms with E-state index < -0.39 is 0 Å². The number of nitrogens with zero attached hydrogens (tertiary/aromatic N) is 2. The van der Waals surface area contributed by atoms with Crippen LogP contribution in [0.1, 0.15) is 0 Å². The lowest BCUT2D eigenvalue weighted by Gasteiger charge is -2.10. The van der Waals surface area contributed by atoms with Crippen LogP contribution in [0.25, 0.3) is 38.6 Å². The molecule has 0 bridgehead atoms. The van der Waals surface area contributed by atoms with E-state index in [0.29, 0.717) is 0 Å². The smallest absolute Gasteiger partial charge is 0.100 e. The van der Waals surface area contributed by atoms with Crippen LogP contribution in [-0.2, 0) is 0 Å². The Morgan fingerprint density at radius 3 is 2.38 bits per heavy atom. The van der Waals surface area contributed by atoms with Gasteiger partial charge in [-0.05, 0) is 63.4 Å². The minimum Gasteiger partial charge on any atom is -0.298 e. The molecule has 26 heavy (non-hydrogen) atoms. The van der Waals surface area contributed by atoms with E-state index in [1.807, 2.05) is 12.4 Å². The molecule has 0 unspecified atom stereocenters. The molecule has 4 aromatic carbocycles. The van der Waals surface area contributed by atoms with Gasteiger partial charge < -0.3 is 0 Å². The maximum Gasteiger partial charge on any atom is 0.100 e. The number of benzene rings is 4. The van der Waals surface area contributed by atoms with Crippen LogP contribution in [0.2, 0.25) is 0 Å². The summed E-state index contributed by atoms with van der Waals surface area (Å²) in [4.78, 5) is 4.67. The van der Waals surface area contributed by atoms with Crippen LogP contribution < -0.4 is 0 Å². The number of imidazole rings is 1. The van der Waals surface area contributed by atoms with E-state index in [9.17, 15) is 0 Å². The van der Waals surface area contributed by atoms with E-state index in [0.717, 1.165) is 16.7 Å². The molecule has 5 rings (SSSR count). The Labute approximate surface area is 165 Å². The van der Waals surface area contributed by atoms with E-state index in [2.05, 4.69) is 111 Å². The lowest BCUT2D eigenvalue weighted by Crippen LogP contribution is -1.94. The molecular weight excluding hydrogens is 431 g/mol. The fourth-order valence-electron chi connectivity index (χ4n) is 3.48. The summed E-state index contributed by atoms with van der Waals surface area (Å²) in [6.45, 7) is 0. The fourth-order valence-corrected chi connectivity index (χ4v) is 4.16. The molecule has 1 aromatic heterocycles. The quantitative estimate of drug-likeness (QED) is 0.285. The SMILES string of the molecule is Ic1cccc2c(-n3cnc4cc(-c5ccccc5)ccc43)cccc12. The molecular formula is C23H15IN2. The van der Waals surface area contributed by atoms with E-state index in [1.165, 1.54) is 25.5 Å². The monoisotopic (exact) mass is 446 g/mol. The first-order valence-electron chi connectivity index (χ1n) is 8.51. The van der Waals surface area contributed by atoms with Gasteiger partial charge in [0, 0.05) is 8.96 Å². The molecule has 124 valence electrons.